The second-order valence-corrected chi connectivity index (χ2v) is 9.74. The minimum atomic E-state index is -0.278. The lowest BCUT2D eigenvalue weighted by Gasteiger charge is -2.29. The zero-order valence-corrected chi connectivity index (χ0v) is 23.1. The fourth-order valence-electron chi connectivity index (χ4n) is 5.14. The van der Waals surface area contributed by atoms with E-state index in [-0.39, 0.29) is 24.6 Å². The molecule has 1 aliphatic heterocycles. The number of methoxy groups -OCH3 is 2. The predicted octanol–water partition coefficient (Wildman–Crippen LogP) is 4.91. The summed E-state index contributed by atoms with van der Waals surface area (Å²) >= 11 is 5.91. The quantitative estimate of drug-likeness (QED) is 0.287. The molecule has 4 heterocycles. The number of rotatable bonds is 9. The highest BCUT2D eigenvalue weighted by Crippen LogP contribution is 2.44. The average molecular weight is 546 g/mol. The summed E-state index contributed by atoms with van der Waals surface area (Å²) < 4.78 is 18.4. The Bertz CT molecular complexity index is 1470. The number of anilines is 2. The summed E-state index contributed by atoms with van der Waals surface area (Å²) in [7, 11) is 3.04. The topological polar surface area (TPSA) is 93.8 Å². The molecule has 10 heteroatoms. The summed E-state index contributed by atoms with van der Waals surface area (Å²) in [6.07, 6.45) is 3.48. The van der Waals surface area contributed by atoms with E-state index in [2.05, 4.69) is 45.0 Å². The molecule has 0 spiro atoms. The van der Waals surface area contributed by atoms with Crippen LogP contribution in [0.3, 0.4) is 0 Å². The molecule has 9 nitrogen and oxygen atoms in total. The van der Waals surface area contributed by atoms with Crippen LogP contribution in [0.1, 0.15) is 40.5 Å². The first kappa shape index (κ1) is 26.5. The van der Waals surface area contributed by atoms with E-state index in [1.807, 2.05) is 48.5 Å². The molecule has 1 fully saturated rings. The summed E-state index contributed by atoms with van der Waals surface area (Å²) in [5.41, 5.74) is 5.55. The highest BCUT2D eigenvalue weighted by Gasteiger charge is 2.42. The van der Waals surface area contributed by atoms with Crippen LogP contribution in [-0.2, 0) is 16.1 Å². The van der Waals surface area contributed by atoms with Crippen molar-refractivity contribution in [3.8, 4) is 5.75 Å². The van der Waals surface area contributed by atoms with Gasteiger partial charge < -0.3 is 34.0 Å². The molecule has 1 amide bonds. The van der Waals surface area contributed by atoms with Gasteiger partial charge in [0.05, 0.1) is 43.4 Å². The number of amides is 1. The molecule has 2 N–H and O–H groups in total. The van der Waals surface area contributed by atoms with Crippen molar-refractivity contribution in [1.29, 1.82) is 0 Å². The summed E-state index contributed by atoms with van der Waals surface area (Å²) in [6, 6.07) is 17.2. The van der Waals surface area contributed by atoms with Gasteiger partial charge in [0, 0.05) is 30.4 Å². The first-order chi connectivity index (χ1) is 18.9. The number of benzene rings is 1. The minimum absolute atomic E-state index is 0.0664. The minimum Gasteiger partial charge on any atom is -0.495 e. The number of hydrogen-bond donors (Lipinski definition) is 2. The molecule has 0 radical (unpaired) electrons. The summed E-state index contributed by atoms with van der Waals surface area (Å²) in [5, 5.41) is 6.95. The van der Waals surface area contributed by atoms with Gasteiger partial charge in [-0.25, -0.2) is 0 Å². The second-order valence-electron chi connectivity index (χ2n) is 9.35. The number of hydrogen-bond acceptors (Lipinski definition) is 6. The first-order valence-electron chi connectivity index (χ1n) is 12.6. The van der Waals surface area contributed by atoms with E-state index < -0.39 is 0 Å². The van der Waals surface area contributed by atoms with Crippen LogP contribution in [-0.4, -0.2) is 41.4 Å². The van der Waals surface area contributed by atoms with Crippen LogP contribution in [0.15, 0.2) is 71.5 Å². The van der Waals surface area contributed by atoms with Crippen molar-refractivity contribution in [2.75, 3.05) is 31.0 Å². The molecule has 1 saturated heterocycles. The van der Waals surface area contributed by atoms with Crippen LogP contribution in [0, 0.1) is 13.8 Å². The zero-order valence-electron chi connectivity index (χ0n) is 22.3. The smallest absolute Gasteiger partial charge is 0.250 e. The lowest BCUT2D eigenvalue weighted by Crippen LogP contribution is -2.29. The van der Waals surface area contributed by atoms with Gasteiger partial charge in [-0.15, -0.1) is 0 Å². The molecule has 2 atom stereocenters. The Balaban J connectivity index is 1.60. The SMILES string of the molecule is COCC(=O)Nc1cc(N2C(=S)N[C@H](c3ccccn3)[C@@H]2c2cc(C)n(Cc3ccco3)c2C)ccc1OC. The lowest BCUT2D eigenvalue weighted by atomic mass is 9.96. The second kappa shape index (κ2) is 11.3. The van der Waals surface area contributed by atoms with Crippen LogP contribution in [0.5, 0.6) is 5.75 Å². The van der Waals surface area contributed by atoms with Crippen molar-refractivity contribution >= 4 is 34.6 Å². The Hall–Kier alpha value is -4.15. The Morgan fingerprint density at radius 3 is 2.69 bits per heavy atom. The first-order valence-corrected chi connectivity index (χ1v) is 13.0. The van der Waals surface area contributed by atoms with Gasteiger partial charge in [0.15, 0.2) is 5.11 Å². The summed E-state index contributed by atoms with van der Waals surface area (Å²) in [6.45, 7) is 4.77. The van der Waals surface area contributed by atoms with Crippen molar-refractivity contribution < 1.29 is 18.7 Å². The third-order valence-electron chi connectivity index (χ3n) is 6.93. The Morgan fingerprint density at radius 1 is 1.15 bits per heavy atom. The van der Waals surface area contributed by atoms with Crippen LogP contribution in [0.4, 0.5) is 11.4 Å². The number of thiocarbonyl (C=S) groups is 1. The molecule has 0 aliphatic carbocycles. The van der Waals surface area contributed by atoms with Gasteiger partial charge in [0.2, 0.25) is 5.91 Å². The maximum atomic E-state index is 12.4. The van der Waals surface area contributed by atoms with Crippen molar-refractivity contribution in [2.45, 2.75) is 32.5 Å². The molecule has 0 unspecified atom stereocenters. The average Bonchev–Trinajstić information content (AvgIpc) is 3.64. The largest absolute Gasteiger partial charge is 0.495 e. The third-order valence-corrected chi connectivity index (χ3v) is 7.25. The van der Waals surface area contributed by atoms with Crippen molar-refractivity contribution in [1.82, 2.24) is 14.9 Å². The zero-order chi connectivity index (χ0) is 27.5. The molecular formula is C29H31N5O4S. The standard InChI is InChI=1S/C29H31N5O4S/c1-18-14-22(19(2)33(18)16-21-8-7-13-38-21)28-27(23-9-5-6-12-30-23)32-29(39)34(28)20-10-11-25(37-4)24(15-20)31-26(35)17-36-3/h5-15,27-28H,16-17H2,1-4H3,(H,31,35)(H,32,39)/t27-,28+/m1/s1. The Morgan fingerprint density at radius 2 is 2.00 bits per heavy atom. The number of nitrogens with zero attached hydrogens (tertiary/aromatic N) is 3. The number of aromatic nitrogens is 2. The van der Waals surface area contributed by atoms with Crippen molar-refractivity contribution in [3.05, 3.63) is 95.5 Å². The van der Waals surface area contributed by atoms with E-state index in [1.165, 1.54) is 7.11 Å². The van der Waals surface area contributed by atoms with E-state index in [0.29, 0.717) is 23.1 Å². The number of ether oxygens (including phenoxy) is 2. The number of pyridine rings is 1. The maximum absolute atomic E-state index is 12.4. The molecule has 202 valence electrons. The maximum Gasteiger partial charge on any atom is 0.250 e. The Labute approximate surface area is 232 Å². The Kier molecular flexibility index (Phi) is 7.67. The summed E-state index contributed by atoms with van der Waals surface area (Å²) in [5.74, 6) is 1.14. The van der Waals surface area contributed by atoms with Crippen molar-refractivity contribution in [2.24, 2.45) is 0 Å². The number of carbonyl (C=O) groups is 1. The van der Waals surface area contributed by atoms with Gasteiger partial charge in [-0.05, 0) is 80.2 Å². The van der Waals surface area contributed by atoms with Gasteiger partial charge in [-0.3, -0.25) is 9.78 Å². The van der Waals surface area contributed by atoms with Crippen LogP contribution >= 0.6 is 12.2 Å². The van der Waals surface area contributed by atoms with Crippen LogP contribution < -0.4 is 20.3 Å². The van der Waals surface area contributed by atoms with Crippen LogP contribution in [0.25, 0.3) is 0 Å². The number of aryl methyl sites for hydroxylation is 1. The van der Waals surface area contributed by atoms with Gasteiger partial charge in [0.1, 0.15) is 18.1 Å². The van der Waals surface area contributed by atoms with Gasteiger partial charge >= 0.3 is 0 Å². The highest BCUT2D eigenvalue weighted by molar-refractivity contribution is 7.80. The van der Waals surface area contributed by atoms with E-state index in [1.54, 1.807) is 19.6 Å². The fraction of sp³-hybridized carbons (Fsp3) is 0.276. The molecule has 4 aromatic rings. The fourth-order valence-corrected chi connectivity index (χ4v) is 5.48. The van der Waals surface area contributed by atoms with Gasteiger partial charge in [0.25, 0.3) is 0 Å². The molecule has 39 heavy (non-hydrogen) atoms. The molecule has 0 saturated carbocycles. The van der Waals surface area contributed by atoms with Crippen molar-refractivity contribution in [3.63, 3.8) is 0 Å². The molecule has 0 bridgehead atoms. The van der Waals surface area contributed by atoms with E-state index in [9.17, 15) is 4.79 Å². The highest BCUT2D eigenvalue weighted by atomic mass is 32.1. The molecule has 1 aromatic carbocycles. The third kappa shape index (κ3) is 5.25. The summed E-state index contributed by atoms with van der Waals surface area (Å²) in [4.78, 5) is 19.1. The molecular weight excluding hydrogens is 514 g/mol. The lowest BCUT2D eigenvalue weighted by molar-refractivity contribution is -0.119. The van der Waals surface area contributed by atoms with E-state index in [4.69, 9.17) is 26.1 Å². The van der Waals surface area contributed by atoms with E-state index >= 15 is 0 Å². The predicted molar refractivity (Wildman–Crippen MR) is 153 cm³/mol. The molecule has 3 aromatic heterocycles. The van der Waals surface area contributed by atoms with Gasteiger partial charge in [-0.1, -0.05) is 6.07 Å². The van der Waals surface area contributed by atoms with Crippen LogP contribution in [0.2, 0.25) is 0 Å². The van der Waals surface area contributed by atoms with E-state index in [0.717, 1.165) is 34.1 Å². The molecule has 5 rings (SSSR count). The number of nitrogens with one attached hydrogen (secondary N) is 2. The monoisotopic (exact) mass is 545 g/mol. The van der Waals surface area contributed by atoms with Gasteiger partial charge in [-0.2, -0.15) is 0 Å². The normalized spacial score (nSPS) is 16.8. The number of furan rings is 1. The molecule has 1 aliphatic rings. The number of carbonyl (C=O) groups excluding carboxylic acids is 1.